The van der Waals surface area contributed by atoms with E-state index in [1.165, 1.54) is 29.6 Å². The summed E-state index contributed by atoms with van der Waals surface area (Å²) in [5, 5.41) is 0. The third kappa shape index (κ3) is 15.1. The minimum absolute atomic E-state index is 0.0942. The van der Waals surface area contributed by atoms with Gasteiger partial charge in [-0.15, -0.1) is 0 Å². The lowest BCUT2D eigenvalue weighted by molar-refractivity contribution is -0.123. The van der Waals surface area contributed by atoms with Crippen LogP contribution in [0.1, 0.15) is 101 Å². The molecule has 0 unspecified atom stereocenters. The maximum atomic E-state index is 12.6. The summed E-state index contributed by atoms with van der Waals surface area (Å²) in [7, 11) is 0. The van der Waals surface area contributed by atoms with Gasteiger partial charge in [0.2, 0.25) is 0 Å². The fourth-order valence-electron chi connectivity index (χ4n) is 4.91. The largest absolute Gasteiger partial charge is 0.300 e. The molecule has 2 nitrogen and oxygen atoms in total. The molecular formula is C40H56O2. The van der Waals surface area contributed by atoms with E-state index in [9.17, 15) is 9.59 Å². The summed E-state index contributed by atoms with van der Waals surface area (Å²) in [6, 6.07) is 0. The quantitative estimate of drug-likeness (QED) is 0.112. The molecule has 1 aliphatic rings. The van der Waals surface area contributed by atoms with Crippen molar-refractivity contribution in [2.45, 2.75) is 101 Å². The first-order valence-electron chi connectivity index (χ1n) is 15.4. The van der Waals surface area contributed by atoms with Gasteiger partial charge in [0, 0.05) is 17.8 Å². The second-order valence-corrected chi connectivity index (χ2v) is 13.2. The van der Waals surface area contributed by atoms with Crippen LogP contribution in [0.3, 0.4) is 0 Å². The van der Waals surface area contributed by atoms with Crippen LogP contribution in [-0.4, -0.2) is 11.6 Å². The van der Waals surface area contributed by atoms with E-state index in [1.54, 1.807) is 13.0 Å². The van der Waals surface area contributed by atoms with E-state index in [2.05, 4.69) is 102 Å². The van der Waals surface area contributed by atoms with Crippen LogP contribution < -0.4 is 0 Å². The Morgan fingerprint density at radius 3 is 1.81 bits per heavy atom. The molecular weight excluding hydrogens is 512 g/mol. The second-order valence-electron chi connectivity index (χ2n) is 13.2. The Morgan fingerprint density at radius 1 is 0.786 bits per heavy atom. The van der Waals surface area contributed by atoms with E-state index in [-0.39, 0.29) is 11.6 Å². The van der Waals surface area contributed by atoms with Crippen molar-refractivity contribution in [3.8, 4) is 0 Å². The Bertz CT molecular complexity index is 1230. The van der Waals surface area contributed by atoms with Crippen LogP contribution in [0.4, 0.5) is 0 Å². The summed E-state index contributed by atoms with van der Waals surface area (Å²) >= 11 is 0. The highest BCUT2D eigenvalue weighted by atomic mass is 16.1. The van der Waals surface area contributed by atoms with Crippen LogP contribution in [-0.2, 0) is 9.59 Å². The smallest absolute Gasteiger partial charge is 0.161 e. The molecule has 0 amide bonds. The van der Waals surface area contributed by atoms with Gasteiger partial charge in [0.15, 0.2) is 5.78 Å². The number of Topliss-reactive ketones (excluding diaryl/α,β-unsaturated/α-hetero) is 1. The molecule has 0 aromatic carbocycles. The molecule has 0 aliphatic heterocycles. The Labute approximate surface area is 257 Å². The summed E-state index contributed by atoms with van der Waals surface area (Å²) < 4.78 is 0. The van der Waals surface area contributed by atoms with Gasteiger partial charge in [0.1, 0.15) is 5.78 Å². The third-order valence-electron chi connectivity index (χ3n) is 7.90. The SMILES string of the molecule is CC(=O)CCCC(C)(C)C(=O)/C=C/C(C)=C\C=C\C(C)=C/C=C/C=C(C)\C=C\C=C(C)/C=C/[C@H]1C(C)=CCCC1(C)C. The van der Waals surface area contributed by atoms with E-state index < -0.39 is 5.41 Å². The van der Waals surface area contributed by atoms with Gasteiger partial charge in [-0.3, -0.25) is 4.79 Å². The number of ketones is 2. The number of hydrogen-bond donors (Lipinski definition) is 0. The van der Waals surface area contributed by atoms with E-state index in [4.69, 9.17) is 0 Å². The molecule has 0 N–H and O–H groups in total. The fourth-order valence-corrected chi connectivity index (χ4v) is 4.91. The van der Waals surface area contributed by atoms with Crippen molar-refractivity contribution in [2.75, 3.05) is 0 Å². The van der Waals surface area contributed by atoms with Crippen LogP contribution >= 0.6 is 0 Å². The van der Waals surface area contributed by atoms with Crippen LogP contribution in [0.25, 0.3) is 0 Å². The molecule has 0 radical (unpaired) electrons. The van der Waals surface area contributed by atoms with Crippen LogP contribution in [0, 0.1) is 16.7 Å². The zero-order chi connectivity index (χ0) is 31.8. The van der Waals surface area contributed by atoms with Gasteiger partial charge in [-0.25, -0.2) is 0 Å². The predicted molar refractivity (Wildman–Crippen MR) is 184 cm³/mol. The van der Waals surface area contributed by atoms with Crippen molar-refractivity contribution in [3.05, 3.63) is 119 Å². The molecule has 0 aromatic rings. The normalized spacial score (nSPS) is 19.7. The van der Waals surface area contributed by atoms with E-state index in [1.807, 2.05) is 45.1 Å². The predicted octanol–water partition coefficient (Wildman–Crippen LogP) is 11.3. The molecule has 0 fully saturated rings. The maximum absolute atomic E-state index is 12.6. The fraction of sp³-hybridized carbons (Fsp3) is 0.450. The molecule has 0 saturated heterocycles. The number of allylic oxidation sites excluding steroid dienone is 20. The van der Waals surface area contributed by atoms with Crippen molar-refractivity contribution in [1.82, 2.24) is 0 Å². The second kappa shape index (κ2) is 18.3. The number of hydrogen-bond acceptors (Lipinski definition) is 2. The van der Waals surface area contributed by atoms with Gasteiger partial charge < -0.3 is 4.79 Å². The lowest BCUT2D eigenvalue weighted by Crippen LogP contribution is -2.26. The number of carbonyl (C=O) groups is 2. The third-order valence-corrected chi connectivity index (χ3v) is 7.90. The first kappa shape index (κ1) is 36.8. The molecule has 228 valence electrons. The molecule has 0 spiro atoms. The van der Waals surface area contributed by atoms with E-state index in [0.717, 1.165) is 17.6 Å². The van der Waals surface area contributed by atoms with Crippen LogP contribution in [0.5, 0.6) is 0 Å². The molecule has 1 rings (SSSR count). The average molecular weight is 569 g/mol. The Morgan fingerprint density at radius 2 is 1.29 bits per heavy atom. The Kier molecular flexibility index (Phi) is 16.0. The van der Waals surface area contributed by atoms with Crippen molar-refractivity contribution in [1.29, 1.82) is 0 Å². The van der Waals surface area contributed by atoms with Gasteiger partial charge in [-0.1, -0.05) is 141 Å². The molecule has 1 aliphatic carbocycles. The van der Waals surface area contributed by atoms with Gasteiger partial charge in [-0.2, -0.15) is 0 Å². The molecule has 1 atom stereocenters. The van der Waals surface area contributed by atoms with Gasteiger partial charge in [0.25, 0.3) is 0 Å². The molecule has 42 heavy (non-hydrogen) atoms. The minimum atomic E-state index is -0.452. The van der Waals surface area contributed by atoms with Gasteiger partial charge in [0.05, 0.1) is 0 Å². The van der Waals surface area contributed by atoms with Gasteiger partial charge >= 0.3 is 0 Å². The molecule has 2 heteroatoms. The number of rotatable bonds is 15. The molecule has 0 aromatic heterocycles. The van der Waals surface area contributed by atoms with Gasteiger partial charge in [-0.05, 0) is 78.7 Å². The van der Waals surface area contributed by atoms with Crippen molar-refractivity contribution in [3.63, 3.8) is 0 Å². The molecule has 0 heterocycles. The topological polar surface area (TPSA) is 34.1 Å². The first-order valence-corrected chi connectivity index (χ1v) is 15.4. The van der Waals surface area contributed by atoms with Crippen molar-refractivity contribution in [2.24, 2.45) is 16.7 Å². The Hall–Kier alpha value is -3.26. The maximum Gasteiger partial charge on any atom is 0.161 e. The van der Waals surface area contributed by atoms with E-state index >= 15 is 0 Å². The molecule has 0 saturated carbocycles. The Balaban J connectivity index is 2.60. The lowest BCUT2D eigenvalue weighted by atomic mass is 9.68. The van der Waals surface area contributed by atoms with E-state index in [0.29, 0.717) is 24.2 Å². The van der Waals surface area contributed by atoms with Crippen LogP contribution in [0.2, 0.25) is 0 Å². The van der Waals surface area contributed by atoms with Crippen LogP contribution in [0.15, 0.2) is 119 Å². The first-order chi connectivity index (χ1) is 19.6. The summed E-state index contributed by atoms with van der Waals surface area (Å²) in [6.07, 6.45) is 35.7. The standard InChI is InChI=1S/C40H56O2/c1-31(19-13-21-33(3)25-27-37-35(5)23-15-29-39(37,7)8)17-11-12-18-32(2)20-14-22-34(4)26-28-38(42)40(9,10)30-16-24-36(6)41/h11-14,17-23,25-28,37H,15-16,24,29-30H2,1-10H3/b12-11+,19-13+,20-14+,27-25+,28-26+,31-17-,32-18-,33-21-,34-22-/t37-/m0/s1. The zero-order valence-electron chi connectivity index (χ0n) is 28.1. The number of carbonyl (C=O) groups excluding carboxylic acids is 2. The zero-order valence-corrected chi connectivity index (χ0v) is 28.1. The molecule has 0 bridgehead atoms. The summed E-state index contributed by atoms with van der Waals surface area (Å²) in [4.78, 5) is 23.7. The van der Waals surface area contributed by atoms with Crippen molar-refractivity contribution < 1.29 is 9.59 Å². The van der Waals surface area contributed by atoms with Crippen molar-refractivity contribution >= 4 is 11.6 Å². The summed E-state index contributed by atoms with van der Waals surface area (Å²) in [5.74, 6) is 0.779. The summed E-state index contributed by atoms with van der Waals surface area (Å²) in [5.41, 5.74) is 5.96. The highest BCUT2D eigenvalue weighted by Crippen LogP contribution is 2.41. The highest BCUT2D eigenvalue weighted by Gasteiger charge is 2.30. The highest BCUT2D eigenvalue weighted by molar-refractivity contribution is 5.94. The average Bonchev–Trinajstić information content (AvgIpc) is 2.88. The monoisotopic (exact) mass is 568 g/mol. The minimum Gasteiger partial charge on any atom is -0.300 e. The lowest BCUT2D eigenvalue weighted by Gasteiger charge is -2.36. The summed E-state index contributed by atoms with van der Waals surface area (Å²) in [6.45, 7) is 20.8.